The Morgan fingerprint density at radius 3 is 2.52 bits per heavy atom. The number of carbonyl (C=O) groups excluding carboxylic acids is 1. The molecule has 1 aromatic heterocycles. The zero-order valence-corrected chi connectivity index (χ0v) is 16.6. The smallest absolute Gasteiger partial charge is 0.326 e. The van der Waals surface area contributed by atoms with Gasteiger partial charge in [-0.1, -0.05) is 65.7 Å². The molecule has 0 radical (unpaired) electrons. The molecule has 0 aliphatic carbocycles. The van der Waals surface area contributed by atoms with Crippen molar-refractivity contribution in [1.29, 1.82) is 0 Å². The van der Waals surface area contributed by atoms with Crippen LogP contribution in [0.4, 0.5) is 0 Å². The highest BCUT2D eigenvalue weighted by molar-refractivity contribution is 6.38. The van der Waals surface area contributed by atoms with Crippen LogP contribution >= 0.6 is 23.2 Å². The number of carboxylic acids is 1. The van der Waals surface area contributed by atoms with Gasteiger partial charge in [0.25, 0.3) is 5.91 Å². The van der Waals surface area contributed by atoms with E-state index in [2.05, 4.69) is 10.3 Å². The van der Waals surface area contributed by atoms with E-state index in [-0.39, 0.29) is 12.1 Å². The lowest BCUT2D eigenvalue weighted by Crippen LogP contribution is -2.42. The van der Waals surface area contributed by atoms with E-state index in [0.717, 1.165) is 16.3 Å². The SMILES string of the molecule is O=C(N[C@@H](Cc1ccc2ccccc2c1)C(=O)O)c1cc2c(Cl)cc(Cl)cc2[nH]1. The van der Waals surface area contributed by atoms with Gasteiger partial charge in [-0.3, -0.25) is 4.79 Å². The predicted octanol–water partition coefficient (Wildman–Crippen LogP) is 5.05. The first-order valence-corrected chi connectivity index (χ1v) is 9.65. The van der Waals surface area contributed by atoms with Crippen LogP contribution in [0.15, 0.2) is 60.7 Å². The van der Waals surface area contributed by atoms with Crippen LogP contribution in [0, 0.1) is 0 Å². The number of rotatable bonds is 5. The van der Waals surface area contributed by atoms with Crippen LogP contribution in [0.5, 0.6) is 0 Å². The number of H-pyrrole nitrogens is 1. The Labute approximate surface area is 176 Å². The maximum absolute atomic E-state index is 12.6. The summed E-state index contributed by atoms with van der Waals surface area (Å²) >= 11 is 12.1. The number of hydrogen-bond acceptors (Lipinski definition) is 2. The molecule has 3 N–H and O–H groups in total. The Balaban J connectivity index is 1.56. The second kappa shape index (κ2) is 7.78. The molecule has 4 rings (SSSR count). The van der Waals surface area contributed by atoms with E-state index in [1.165, 1.54) is 0 Å². The van der Waals surface area contributed by atoms with E-state index in [1.54, 1.807) is 18.2 Å². The number of benzene rings is 3. The summed E-state index contributed by atoms with van der Waals surface area (Å²) in [5, 5.41) is 15.8. The minimum Gasteiger partial charge on any atom is -0.480 e. The summed E-state index contributed by atoms with van der Waals surface area (Å²) in [6.45, 7) is 0. The van der Waals surface area contributed by atoms with Gasteiger partial charge in [0.1, 0.15) is 11.7 Å². The fourth-order valence-corrected chi connectivity index (χ4v) is 3.87. The van der Waals surface area contributed by atoms with Gasteiger partial charge in [0.05, 0.1) is 5.02 Å². The van der Waals surface area contributed by atoms with Crippen molar-refractivity contribution in [2.24, 2.45) is 0 Å². The van der Waals surface area contributed by atoms with Gasteiger partial charge in [0.15, 0.2) is 0 Å². The Bertz CT molecular complexity index is 1250. The number of aliphatic carboxylic acids is 1. The van der Waals surface area contributed by atoms with Crippen LogP contribution in [-0.4, -0.2) is 28.0 Å². The number of aromatic nitrogens is 1. The maximum atomic E-state index is 12.6. The summed E-state index contributed by atoms with van der Waals surface area (Å²) in [7, 11) is 0. The molecule has 0 saturated carbocycles. The molecule has 0 bridgehead atoms. The monoisotopic (exact) mass is 426 g/mol. The molecule has 0 unspecified atom stereocenters. The molecule has 4 aromatic rings. The van der Waals surface area contributed by atoms with Crippen molar-refractivity contribution in [1.82, 2.24) is 10.3 Å². The normalized spacial score (nSPS) is 12.2. The molecule has 1 atom stereocenters. The largest absolute Gasteiger partial charge is 0.480 e. The minimum absolute atomic E-state index is 0.165. The number of amides is 1. The van der Waals surface area contributed by atoms with Crippen LogP contribution in [-0.2, 0) is 11.2 Å². The summed E-state index contributed by atoms with van der Waals surface area (Å²) in [4.78, 5) is 27.3. The number of halogens is 2. The summed E-state index contributed by atoms with van der Waals surface area (Å²) in [6, 6.07) is 17.3. The van der Waals surface area contributed by atoms with E-state index in [9.17, 15) is 14.7 Å². The second-order valence-corrected chi connectivity index (χ2v) is 7.63. The van der Waals surface area contributed by atoms with Gasteiger partial charge in [-0.05, 0) is 34.5 Å². The molecule has 5 nitrogen and oxygen atoms in total. The van der Waals surface area contributed by atoms with E-state index < -0.39 is 17.9 Å². The van der Waals surface area contributed by atoms with Crippen molar-refractivity contribution in [2.45, 2.75) is 12.5 Å². The van der Waals surface area contributed by atoms with Crippen LogP contribution in [0.25, 0.3) is 21.7 Å². The third-order valence-electron chi connectivity index (χ3n) is 4.75. The molecule has 1 heterocycles. The molecule has 0 fully saturated rings. The molecule has 3 aromatic carbocycles. The predicted molar refractivity (Wildman–Crippen MR) is 115 cm³/mol. The number of carboxylic acid groups (broad SMARTS) is 1. The highest BCUT2D eigenvalue weighted by Gasteiger charge is 2.22. The summed E-state index contributed by atoms with van der Waals surface area (Å²) in [5.41, 5.74) is 1.64. The molecule has 7 heteroatoms. The molecule has 0 spiro atoms. The Kier molecular flexibility index (Phi) is 5.18. The van der Waals surface area contributed by atoms with E-state index in [0.29, 0.717) is 20.9 Å². The Hall–Kier alpha value is -3.02. The van der Waals surface area contributed by atoms with Gasteiger partial charge >= 0.3 is 5.97 Å². The minimum atomic E-state index is -1.11. The first-order valence-electron chi connectivity index (χ1n) is 8.90. The molecular formula is C22H16Cl2N2O3. The number of nitrogens with one attached hydrogen (secondary N) is 2. The van der Waals surface area contributed by atoms with Gasteiger partial charge in [0, 0.05) is 22.3 Å². The van der Waals surface area contributed by atoms with Crippen LogP contribution < -0.4 is 5.32 Å². The van der Waals surface area contributed by atoms with E-state index >= 15 is 0 Å². The lowest BCUT2D eigenvalue weighted by atomic mass is 10.0. The Morgan fingerprint density at radius 1 is 1.00 bits per heavy atom. The summed E-state index contributed by atoms with van der Waals surface area (Å²) in [6.07, 6.45) is 0.165. The third kappa shape index (κ3) is 4.06. The van der Waals surface area contributed by atoms with Crippen molar-refractivity contribution in [2.75, 3.05) is 0 Å². The van der Waals surface area contributed by atoms with E-state index in [4.69, 9.17) is 23.2 Å². The third-order valence-corrected chi connectivity index (χ3v) is 5.28. The van der Waals surface area contributed by atoms with Gasteiger partial charge in [-0.15, -0.1) is 0 Å². The summed E-state index contributed by atoms with van der Waals surface area (Å²) < 4.78 is 0. The van der Waals surface area contributed by atoms with Crippen molar-refractivity contribution >= 4 is 56.8 Å². The van der Waals surface area contributed by atoms with Crippen LogP contribution in [0.2, 0.25) is 10.0 Å². The van der Waals surface area contributed by atoms with Crippen molar-refractivity contribution in [3.8, 4) is 0 Å². The fourth-order valence-electron chi connectivity index (χ4n) is 3.32. The Morgan fingerprint density at radius 2 is 1.76 bits per heavy atom. The fraction of sp³-hybridized carbons (Fsp3) is 0.0909. The lowest BCUT2D eigenvalue weighted by Gasteiger charge is -2.14. The van der Waals surface area contributed by atoms with Crippen LogP contribution in [0.3, 0.4) is 0 Å². The van der Waals surface area contributed by atoms with Gasteiger partial charge in [0.2, 0.25) is 0 Å². The molecular weight excluding hydrogens is 411 g/mol. The maximum Gasteiger partial charge on any atom is 0.326 e. The quantitative estimate of drug-likeness (QED) is 0.417. The number of aromatic amines is 1. The lowest BCUT2D eigenvalue weighted by molar-refractivity contribution is -0.139. The van der Waals surface area contributed by atoms with Gasteiger partial charge < -0.3 is 15.4 Å². The molecule has 29 heavy (non-hydrogen) atoms. The van der Waals surface area contributed by atoms with Gasteiger partial charge in [-0.25, -0.2) is 4.79 Å². The van der Waals surface area contributed by atoms with Crippen molar-refractivity contribution in [3.63, 3.8) is 0 Å². The average molecular weight is 427 g/mol. The topological polar surface area (TPSA) is 82.2 Å². The van der Waals surface area contributed by atoms with Crippen molar-refractivity contribution in [3.05, 3.63) is 82.0 Å². The molecule has 0 aliphatic rings. The standard InChI is InChI=1S/C22H16Cl2N2O3/c23-15-9-17(24)16-11-19(25-18(16)10-15)21(27)26-20(22(28)29)8-12-5-6-13-3-1-2-4-14(13)7-12/h1-7,9-11,20,25H,8H2,(H,26,27)(H,28,29)/t20-/m0/s1. The highest BCUT2D eigenvalue weighted by atomic mass is 35.5. The number of carbonyl (C=O) groups is 2. The molecule has 0 saturated heterocycles. The first-order chi connectivity index (χ1) is 13.9. The number of hydrogen-bond donors (Lipinski definition) is 3. The van der Waals surface area contributed by atoms with E-state index in [1.807, 2.05) is 42.5 Å². The zero-order valence-electron chi connectivity index (χ0n) is 15.1. The molecule has 0 aliphatic heterocycles. The number of fused-ring (bicyclic) bond motifs is 2. The van der Waals surface area contributed by atoms with Gasteiger partial charge in [-0.2, -0.15) is 0 Å². The zero-order chi connectivity index (χ0) is 20.5. The van der Waals surface area contributed by atoms with Crippen LogP contribution in [0.1, 0.15) is 16.1 Å². The second-order valence-electron chi connectivity index (χ2n) is 6.78. The first kappa shape index (κ1) is 19.3. The summed E-state index contributed by atoms with van der Waals surface area (Å²) in [5.74, 6) is -1.63. The average Bonchev–Trinajstić information content (AvgIpc) is 3.12. The molecule has 146 valence electrons. The molecule has 1 amide bonds. The highest BCUT2D eigenvalue weighted by Crippen LogP contribution is 2.28. The van der Waals surface area contributed by atoms with Crippen molar-refractivity contribution < 1.29 is 14.7 Å².